The third kappa shape index (κ3) is 3.98. The molecule has 168 valence electrons. The normalized spacial score (nSPS) is 37.6. The third-order valence-electron chi connectivity index (χ3n) is 7.70. The van der Waals surface area contributed by atoms with Gasteiger partial charge in [0.05, 0.1) is 0 Å². The number of halogens is 3. The van der Waals surface area contributed by atoms with Gasteiger partial charge < -0.3 is 9.67 Å². The first-order valence-electron chi connectivity index (χ1n) is 11.2. The number of aliphatic carboxylic acids is 1. The molecule has 0 saturated heterocycles. The molecule has 1 N–H and O–H groups in total. The van der Waals surface area contributed by atoms with Gasteiger partial charge in [-0.2, -0.15) is 13.2 Å². The molecule has 0 aromatic carbocycles. The molecule has 4 fully saturated rings. The molecule has 4 aliphatic carbocycles. The lowest BCUT2D eigenvalue weighted by Crippen LogP contribution is -2.57. The molecule has 0 radical (unpaired) electrons. The third-order valence-corrected chi connectivity index (χ3v) is 7.70. The van der Waals surface area contributed by atoms with Gasteiger partial charge in [-0.25, -0.2) is 4.79 Å². The number of nitrogens with zero attached hydrogens (tertiary/aromatic N) is 3. The summed E-state index contributed by atoms with van der Waals surface area (Å²) in [5, 5.41) is 16.6. The quantitative estimate of drug-likeness (QED) is 0.662. The number of aromatic nitrogens is 3. The Hall–Kier alpha value is -1.60. The Labute approximate surface area is 175 Å². The van der Waals surface area contributed by atoms with Crippen molar-refractivity contribution in [2.24, 2.45) is 16.7 Å². The average molecular weight is 428 g/mol. The van der Waals surface area contributed by atoms with Crippen molar-refractivity contribution in [2.75, 3.05) is 0 Å². The topological polar surface area (TPSA) is 68.0 Å². The summed E-state index contributed by atoms with van der Waals surface area (Å²) in [5.74, 6) is 0.844. The zero-order valence-corrected chi connectivity index (χ0v) is 17.9. The van der Waals surface area contributed by atoms with Gasteiger partial charge in [0, 0.05) is 18.4 Å². The number of aryl methyl sites for hydroxylation is 1. The average Bonchev–Trinajstić information content (AvgIpc) is 2.93. The predicted octanol–water partition coefficient (Wildman–Crippen LogP) is 5.28. The number of hydrogen-bond donors (Lipinski definition) is 1. The van der Waals surface area contributed by atoms with E-state index in [0.717, 1.165) is 18.9 Å². The highest BCUT2D eigenvalue weighted by atomic mass is 19.4. The van der Waals surface area contributed by atoms with Gasteiger partial charge in [0.15, 0.2) is 0 Å². The zero-order chi connectivity index (χ0) is 21.8. The molecule has 2 atom stereocenters. The SMILES string of the molecule is CC12CC3CC(C)(C1)CC(c1nnc4n1CCCCCC4)(C3)C2.O=C(O)C(F)(F)F. The largest absolute Gasteiger partial charge is 0.490 e. The molecule has 1 aromatic heterocycles. The van der Waals surface area contributed by atoms with Gasteiger partial charge in [-0.1, -0.05) is 26.7 Å². The number of fused-ring (bicyclic) bond motifs is 1. The van der Waals surface area contributed by atoms with Crippen LogP contribution in [0.3, 0.4) is 0 Å². The molecule has 8 heteroatoms. The van der Waals surface area contributed by atoms with Crippen molar-refractivity contribution in [3.63, 3.8) is 0 Å². The molecular formula is C22H32F3N3O2. The Kier molecular flexibility index (Phi) is 5.21. The number of carboxylic acids is 1. The second-order valence-electron chi connectivity index (χ2n) is 11.0. The van der Waals surface area contributed by atoms with E-state index in [1.165, 1.54) is 75.9 Å². The van der Waals surface area contributed by atoms with Crippen molar-refractivity contribution in [2.45, 2.75) is 103 Å². The molecule has 0 amide bonds. The van der Waals surface area contributed by atoms with Crippen molar-refractivity contribution < 1.29 is 23.1 Å². The van der Waals surface area contributed by atoms with Gasteiger partial charge in [0.25, 0.3) is 0 Å². The highest BCUT2D eigenvalue weighted by Gasteiger charge is 2.62. The molecule has 4 bridgehead atoms. The number of alkyl halides is 3. The van der Waals surface area contributed by atoms with Gasteiger partial charge in [0.1, 0.15) is 11.6 Å². The molecule has 2 unspecified atom stereocenters. The second kappa shape index (κ2) is 7.23. The van der Waals surface area contributed by atoms with Crippen molar-refractivity contribution in [3.05, 3.63) is 11.6 Å². The first-order chi connectivity index (χ1) is 13.9. The highest BCUT2D eigenvalue weighted by molar-refractivity contribution is 5.73. The van der Waals surface area contributed by atoms with Crippen LogP contribution < -0.4 is 0 Å². The van der Waals surface area contributed by atoms with E-state index in [4.69, 9.17) is 15.0 Å². The van der Waals surface area contributed by atoms with E-state index in [2.05, 4.69) is 23.5 Å². The fourth-order valence-electron chi connectivity index (χ4n) is 7.75. The zero-order valence-electron chi connectivity index (χ0n) is 17.9. The number of carboxylic acid groups (broad SMARTS) is 1. The monoisotopic (exact) mass is 427 g/mol. The minimum atomic E-state index is -5.08. The molecule has 1 aromatic rings. The molecule has 5 aliphatic rings. The summed E-state index contributed by atoms with van der Waals surface area (Å²) >= 11 is 0. The molecule has 30 heavy (non-hydrogen) atoms. The lowest BCUT2D eigenvalue weighted by molar-refractivity contribution is -0.192. The summed E-state index contributed by atoms with van der Waals surface area (Å²) < 4.78 is 34.3. The van der Waals surface area contributed by atoms with Crippen LogP contribution in [0.25, 0.3) is 0 Å². The van der Waals surface area contributed by atoms with Crippen molar-refractivity contribution >= 4 is 5.97 Å². The fourth-order valence-corrected chi connectivity index (χ4v) is 7.75. The van der Waals surface area contributed by atoms with Gasteiger partial charge in [0.2, 0.25) is 0 Å². The maximum atomic E-state index is 10.6. The molecule has 4 saturated carbocycles. The van der Waals surface area contributed by atoms with Crippen LogP contribution in [-0.4, -0.2) is 32.0 Å². The summed E-state index contributed by atoms with van der Waals surface area (Å²) in [6, 6.07) is 0. The van der Waals surface area contributed by atoms with Crippen LogP contribution in [0.2, 0.25) is 0 Å². The van der Waals surface area contributed by atoms with E-state index in [0.29, 0.717) is 16.2 Å². The maximum absolute atomic E-state index is 10.6. The van der Waals surface area contributed by atoms with Crippen LogP contribution in [0, 0.1) is 16.7 Å². The molecule has 5 nitrogen and oxygen atoms in total. The second-order valence-corrected chi connectivity index (χ2v) is 11.0. The maximum Gasteiger partial charge on any atom is 0.490 e. The standard InChI is InChI=1S/C20H31N3.C2HF3O2/c1-18-9-15-10-19(2,12-18)14-20(11-15,13-18)17-22-21-16-7-5-3-4-6-8-23(16)17;3-2(4,5)1(6)7/h15H,3-14H2,1-2H3;(H,6,7). The van der Waals surface area contributed by atoms with Crippen LogP contribution in [0.15, 0.2) is 0 Å². The van der Waals surface area contributed by atoms with Crippen molar-refractivity contribution in [3.8, 4) is 0 Å². The fraction of sp³-hybridized carbons (Fsp3) is 0.864. The first kappa shape index (κ1) is 21.6. The van der Waals surface area contributed by atoms with Gasteiger partial charge in [-0.3, -0.25) is 0 Å². The van der Waals surface area contributed by atoms with E-state index in [9.17, 15) is 13.2 Å². The number of rotatable bonds is 1. The van der Waals surface area contributed by atoms with Crippen LogP contribution >= 0.6 is 0 Å². The van der Waals surface area contributed by atoms with Crippen LogP contribution in [-0.2, 0) is 23.2 Å². The minimum Gasteiger partial charge on any atom is -0.475 e. The number of hydrogen-bond acceptors (Lipinski definition) is 3. The lowest BCUT2D eigenvalue weighted by Gasteiger charge is -2.65. The summed E-state index contributed by atoms with van der Waals surface area (Å²) in [5.41, 5.74) is 1.46. The van der Waals surface area contributed by atoms with Crippen molar-refractivity contribution in [1.82, 2.24) is 14.8 Å². The van der Waals surface area contributed by atoms with E-state index in [1.54, 1.807) is 0 Å². The van der Waals surface area contributed by atoms with E-state index in [-0.39, 0.29) is 0 Å². The Morgan fingerprint density at radius 3 is 2.17 bits per heavy atom. The lowest BCUT2D eigenvalue weighted by atomic mass is 9.40. The predicted molar refractivity (Wildman–Crippen MR) is 105 cm³/mol. The van der Waals surface area contributed by atoms with Crippen LogP contribution in [0.5, 0.6) is 0 Å². The summed E-state index contributed by atoms with van der Waals surface area (Å²) in [6.07, 6.45) is 9.89. The molecule has 6 rings (SSSR count). The summed E-state index contributed by atoms with van der Waals surface area (Å²) in [7, 11) is 0. The Morgan fingerprint density at radius 1 is 1.00 bits per heavy atom. The molecule has 2 heterocycles. The van der Waals surface area contributed by atoms with Gasteiger partial charge in [-0.15, -0.1) is 10.2 Å². The number of carbonyl (C=O) groups is 1. The van der Waals surface area contributed by atoms with E-state index in [1.807, 2.05) is 0 Å². The van der Waals surface area contributed by atoms with E-state index >= 15 is 0 Å². The Bertz CT molecular complexity index is 801. The van der Waals surface area contributed by atoms with Crippen LogP contribution in [0.1, 0.15) is 89.7 Å². The van der Waals surface area contributed by atoms with Crippen molar-refractivity contribution in [1.29, 1.82) is 0 Å². The summed E-state index contributed by atoms with van der Waals surface area (Å²) in [4.78, 5) is 8.90. The van der Waals surface area contributed by atoms with Gasteiger partial charge in [-0.05, 0) is 68.1 Å². The Morgan fingerprint density at radius 2 is 1.60 bits per heavy atom. The summed E-state index contributed by atoms with van der Waals surface area (Å²) in [6.45, 7) is 6.29. The molecule has 1 aliphatic heterocycles. The molecule has 0 spiro atoms. The van der Waals surface area contributed by atoms with Gasteiger partial charge >= 0.3 is 12.1 Å². The van der Waals surface area contributed by atoms with E-state index < -0.39 is 12.1 Å². The Balaban J connectivity index is 0.000000272. The highest BCUT2D eigenvalue weighted by Crippen LogP contribution is 2.69. The van der Waals surface area contributed by atoms with Crippen LogP contribution in [0.4, 0.5) is 13.2 Å². The smallest absolute Gasteiger partial charge is 0.475 e. The molecular weight excluding hydrogens is 395 g/mol. The minimum absolute atomic E-state index is 0.341. The first-order valence-corrected chi connectivity index (χ1v) is 11.2.